The maximum absolute atomic E-state index is 13.3. The smallest absolute Gasteiger partial charge is 0.124 e. The summed E-state index contributed by atoms with van der Waals surface area (Å²) in [6.07, 6.45) is 0.617. The van der Waals surface area contributed by atoms with E-state index in [0.29, 0.717) is 17.8 Å². The molecule has 2 rings (SSSR count). The van der Waals surface area contributed by atoms with Crippen LogP contribution in [0, 0.1) is 24.1 Å². The molecule has 1 aromatic heterocycles. The molecule has 0 aliphatic rings. The Morgan fingerprint density at radius 1 is 1.50 bits per heavy atom. The van der Waals surface area contributed by atoms with E-state index in [1.807, 2.05) is 6.92 Å². The molecule has 4 heteroatoms. The van der Waals surface area contributed by atoms with Gasteiger partial charge in [0.05, 0.1) is 0 Å². The second-order valence-corrected chi connectivity index (χ2v) is 4.68. The van der Waals surface area contributed by atoms with Gasteiger partial charge in [-0.1, -0.05) is 0 Å². The molecule has 0 aliphatic carbocycles. The van der Waals surface area contributed by atoms with E-state index in [0.717, 1.165) is 21.2 Å². The predicted molar refractivity (Wildman–Crippen MR) is 64.0 cm³/mol. The van der Waals surface area contributed by atoms with E-state index in [4.69, 9.17) is 11.0 Å². The Hall–Kier alpha value is -1.44. The summed E-state index contributed by atoms with van der Waals surface area (Å²) in [6.45, 7) is 2.32. The molecule has 0 spiro atoms. The lowest BCUT2D eigenvalue weighted by Gasteiger charge is -1.99. The van der Waals surface area contributed by atoms with Crippen LogP contribution in [-0.2, 0) is 6.42 Å². The van der Waals surface area contributed by atoms with Crippen molar-refractivity contribution in [3.8, 4) is 6.07 Å². The molecule has 0 saturated heterocycles. The fourth-order valence-electron chi connectivity index (χ4n) is 1.86. The van der Waals surface area contributed by atoms with Gasteiger partial charge in [0, 0.05) is 10.1 Å². The maximum Gasteiger partial charge on any atom is 0.124 e. The Morgan fingerprint density at radius 3 is 2.88 bits per heavy atom. The Balaban J connectivity index is 2.80. The van der Waals surface area contributed by atoms with E-state index < -0.39 is 0 Å². The van der Waals surface area contributed by atoms with Crippen molar-refractivity contribution >= 4 is 21.4 Å². The molecule has 16 heavy (non-hydrogen) atoms. The van der Waals surface area contributed by atoms with E-state index in [1.54, 1.807) is 0 Å². The molecule has 0 atom stereocenters. The zero-order valence-electron chi connectivity index (χ0n) is 8.88. The van der Waals surface area contributed by atoms with E-state index in [9.17, 15) is 4.39 Å². The van der Waals surface area contributed by atoms with Crippen LogP contribution in [0.5, 0.6) is 0 Å². The van der Waals surface area contributed by atoms with Gasteiger partial charge < -0.3 is 5.73 Å². The number of rotatable bonds is 2. The van der Waals surface area contributed by atoms with Gasteiger partial charge in [-0.15, -0.1) is 11.3 Å². The van der Waals surface area contributed by atoms with E-state index in [2.05, 4.69) is 6.07 Å². The van der Waals surface area contributed by atoms with Gasteiger partial charge in [0.2, 0.25) is 0 Å². The topological polar surface area (TPSA) is 49.8 Å². The molecule has 1 heterocycles. The van der Waals surface area contributed by atoms with Crippen LogP contribution in [0.15, 0.2) is 12.1 Å². The van der Waals surface area contributed by atoms with Gasteiger partial charge in [0.1, 0.15) is 16.8 Å². The lowest BCUT2D eigenvalue weighted by molar-refractivity contribution is 0.628. The average molecular weight is 234 g/mol. The number of fused-ring (bicyclic) bond motifs is 1. The largest absolute Gasteiger partial charge is 0.330 e. The van der Waals surface area contributed by atoms with Crippen LogP contribution >= 0.6 is 11.3 Å². The van der Waals surface area contributed by atoms with Crippen molar-refractivity contribution in [2.24, 2.45) is 5.73 Å². The summed E-state index contributed by atoms with van der Waals surface area (Å²) in [4.78, 5) is 0.647. The van der Waals surface area contributed by atoms with Crippen LogP contribution in [0.2, 0.25) is 0 Å². The lowest BCUT2D eigenvalue weighted by atomic mass is 10.1. The number of thiophene rings is 1. The highest BCUT2D eigenvalue weighted by Gasteiger charge is 2.13. The first-order chi connectivity index (χ1) is 7.67. The van der Waals surface area contributed by atoms with Crippen molar-refractivity contribution in [3.63, 3.8) is 0 Å². The fraction of sp³-hybridized carbons (Fsp3) is 0.250. The van der Waals surface area contributed by atoms with Gasteiger partial charge in [-0.3, -0.25) is 0 Å². The van der Waals surface area contributed by atoms with Crippen LogP contribution in [0.4, 0.5) is 4.39 Å². The van der Waals surface area contributed by atoms with Crippen molar-refractivity contribution in [2.75, 3.05) is 6.54 Å². The number of nitrogens with zero attached hydrogens (tertiary/aromatic N) is 1. The van der Waals surface area contributed by atoms with Crippen molar-refractivity contribution in [1.29, 1.82) is 5.26 Å². The predicted octanol–water partition coefficient (Wildman–Crippen LogP) is 2.72. The SMILES string of the molecule is Cc1cc(F)cc2c(CCN)c(C#N)sc12. The molecule has 0 unspecified atom stereocenters. The lowest BCUT2D eigenvalue weighted by Crippen LogP contribution is -2.03. The maximum atomic E-state index is 13.3. The Labute approximate surface area is 97.1 Å². The normalized spacial score (nSPS) is 10.6. The summed E-state index contributed by atoms with van der Waals surface area (Å²) in [5, 5.41) is 9.87. The molecule has 0 saturated carbocycles. The van der Waals surface area contributed by atoms with Crippen LogP contribution in [0.1, 0.15) is 16.0 Å². The number of hydrogen-bond acceptors (Lipinski definition) is 3. The molecule has 0 aliphatic heterocycles. The van der Waals surface area contributed by atoms with Crippen LogP contribution in [0.3, 0.4) is 0 Å². The van der Waals surface area contributed by atoms with Crippen LogP contribution in [0.25, 0.3) is 10.1 Å². The van der Waals surface area contributed by atoms with Gasteiger partial charge >= 0.3 is 0 Å². The summed E-state index contributed by atoms with van der Waals surface area (Å²) in [7, 11) is 0. The summed E-state index contributed by atoms with van der Waals surface area (Å²) in [5.41, 5.74) is 7.27. The minimum absolute atomic E-state index is 0.259. The summed E-state index contributed by atoms with van der Waals surface area (Å²) >= 11 is 1.42. The van der Waals surface area contributed by atoms with Crippen LogP contribution in [-0.4, -0.2) is 6.54 Å². The Morgan fingerprint density at radius 2 is 2.25 bits per heavy atom. The molecule has 2 nitrogen and oxygen atoms in total. The molecule has 0 radical (unpaired) electrons. The first-order valence-corrected chi connectivity index (χ1v) is 5.80. The zero-order chi connectivity index (χ0) is 11.7. The molecule has 2 aromatic rings. The van der Waals surface area contributed by atoms with Crippen molar-refractivity contribution in [1.82, 2.24) is 0 Å². The van der Waals surface area contributed by atoms with Crippen molar-refractivity contribution in [2.45, 2.75) is 13.3 Å². The second kappa shape index (κ2) is 4.20. The molecule has 82 valence electrons. The number of benzene rings is 1. The standard InChI is InChI=1S/C12H11FN2S/c1-7-4-8(13)5-10-9(2-3-14)11(6-15)16-12(7)10/h4-5H,2-3,14H2,1H3. The number of aryl methyl sites for hydroxylation is 1. The molecular weight excluding hydrogens is 223 g/mol. The second-order valence-electron chi connectivity index (χ2n) is 3.66. The molecule has 0 fully saturated rings. The quantitative estimate of drug-likeness (QED) is 0.868. The van der Waals surface area contributed by atoms with Crippen molar-refractivity contribution < 1.29 is 4.39 Å². The highest BCUT2D eigenvalue weighted by Crippen LogP contribution is 2.34. The van der Waals surface area contributed by atoms with E-state index >= 15 is 0 Å². The summed E-state index contributed by atoms with van der Waals surface area (Å²) in [5.74, 6) is -0.259. The number of nitriles is 1. The summed E-state index contributed by atoms with van der Waals surface area (Å²) in [6, 6.07) is 5.14. The third-order valence-electron chi connectivity index (χ3n) is 2.54. The number of halogens is 1. The van der Waals surface area contributed by atoms with E-state index in [-0.39, 0.29) is 5.82 Å². The molecule has 0 bridgehead atoms. The fourth-order valence-corrected chi connectivity index (χ4v) is 2.96. The number of nitrogens with two attached hydrogens (primary N) is 1. The minimum atomic E-state index is -0.259. The van der Waals surface area contributed by atoms with Gasteiger partial charge in [-0.25, -0.2) is 4.39 Å². The highest BCUT2D eigenvalue weighted by atomic mass is 32.1. The minimum Gasteiger partial charge on any atom is -0.330 e. The first-order valence-electron chi connectivity index (χ1n) is 4.99. The van der Waals surface area contributed by atoms with Crippen molar-refractivity contribution in [3.05, 3.63) is 34.0 Å². The average Bonchev–Trinajstić information content (AvgIpc) is 2.58. The van der Waals surface area contributed by atoms with Gasteiger partial charge in [0.15, 0.2) is 0 Å². The third kappa shape index (κ3) is 1.69. The monoisotopic (exact) mass is 234 g/mol. The van der Waals surface area contributed by atoms with Gasteiger partial charge in [-0.05, 0) is 43.1 Å². The molecular formula is C12H11FN2S. The van der Waals surface area contributed by atoms with Crippen LogP contribution < -0.4 is 5.73 Å². The Bertz CT molecular complexity index is 581. The van der Waals surface area contributed by atoms with E-state index in [1.165, 1.54) is 23.5 Å². The van der Waals surface area contributed by atoms with Gasteiger partial charge in [0.25, 0.3) is 0 Å². The highest BCUT2D eigenvalue weighted by molar-refractivity contribution is 7.20. The summed E-state index contributed by atoms with van der Waals surface area (Å²) < 4.78 is 14.3. The molecule has 0 amide bonds. The first kappa shape index (κ1) is 11.1. The van der Waals surface area contributed by atoms with Gasteiger partial charge in [-0.2, -0.15) is 5.26 Å². The zero-order valence-corrected chi connectivity index (χ0v) is 9.70. The molecule has 1 aromatic carbocycles. The number of hydrogen-bond donors (Lipinski definition) is 1. The molecule has 2 N–H and O–H groups in total. The third-order valence-corrected chi connectivity index (χ3v) is 3.83. The Kier molecular flexibility index (Phi) is 2.90.